The molecule has 0 spiro atoms. The van der Waals surface area contributed by atoms with E-state index in [4.69, 9.17) is 18.6 Å². The number of ether oxygens (including phenoxy) is 3. The maximum atomic E-state index is 14.0. The van der Waals surface area contributed by atoms with Gasteiger partial charge in [-0.3, -0.25) is 4.79 Å². The number of amides is 2. The van der Waals surface area contributed by atoms with Crippen LogP contribution in [-0.2, 0) is 23.4 Å². The van der Waals surface area contributed by atoms with Gasteiger partial charge in [0.15, 0.2) is 6.29 Å². The zero-order valence-electron chi connectivity index (χ0n) is 24.4. The molecule has 1 aromatic carbocycles. The summed E-state index contributed by atoms with van der Waals surface area (Å²) in [7, 11) is 0.877. The number of carbonyl (C=O) groups excluding carboxylic acids is 2. The first-order valence-electron chi connectivity index (χ1n) is 12.8. The van der Waals surface area contributed by atoms with Crippen LogP contribution in [0.25, 0.3) is 0 Å². The Bertz CT molecular complexity index is 900. The lowest BCUT2D eigenvalue weighted by Crippen LogP contribution is -2.48. The van der Waals surface area contributed by atoms with Gasteiger partial charge in [0.25, 0.3) is 5.91 Å². The number of anilines is 1. The molecule has 0 aliphatic heterocycles. The quantitative estimate of drug-likeness (QED) is 0.100. The van der Waals surface area contributed by atoms with Crippen molar-refractivity contribution in [3.63, 3.8) is 0 Å². The van der Waals surface area contributed by atoms with Crippen LogP contribution in [0, 0.1) is 3.57 Å². The highest BCUT2D eigenvalue weighted by molar-refractivity contribution is 14.1. The highest BCUT2D eigenvalue weighted by atomic mass is 127. The fourth-order valence-electron chi connectivity index (χ4n) is 4.86. The van der Waals surface area contributed by atoms with Crippen LogP contribution in [0.1, 0.15) is 68.7 Å². The second-order valence-corrected chi connectivity index (χ2v) is 17.7. The molecule has 2 amide bonds. The monoisotopic (exact) mass is 647 g/mol. The summed E-state index contributed by atoms with van der Waals surface area (Å²) in [6, 6.07) is 7.22. The van der Waals surface area contributed by atoms with Gasteiger partial charge in [0.2, 0.25) is 8.32 Å². The standard InChI is InChI=1S/C28H46INO6Si/c1-19(2)37(20(3)4,21(5)6)35-17-16-22(18-25(33-10)34-11)26(31)30(27(32)36-28(7,8)9)24-15-13-12-14-23(24)29/h12-16,19-21,25H,17-18H2,1-11H3/b22-16+. The van der Waals surface area contributed by atoms with Crippen LogP contribution in [0.2, 0.25) is 16.6 Å². The second-order valence-electron chi connectivity index (χ2n) is 11.0. The van der Waals surface area contributed by atoms with E-state index in [-0.39, 0.29) is 13.0 Å². The summed E-state index contributed by atoms with van der Waals surface area (Å²) in [6.45, 7) is 18.9. The SMILES string of the molecule is COC(C/C(=C\CO[Si](C(C)C)(C(C)C)C(C)C)C(=O)N(C(=O)OC(C)(C)C)c1ccccc1I)OC. The summed E-state index contributed by atoms with van der Waals surface area (Å²) in [5.41, 5.74) is 1.23. The lowest BCUT2D eigenvalue weighted by atomic mass is 10.1. The van der Waals surface area contributed by atoms with E-state index in [1.807, 2.05) is 12.1 Å². The van der Waals surface area contributed by atoms with Crippen LogP contribution >= 0.6 is 22.6 Å². The van der Waals surface area contributed by atoms with Crippen molar-refractivity contribution in [1.82, 2.24) is 0 Å². The Balaban J connectivity index is 3.55. The van der Waals surface area contributed by atoms with Crippen LogP contribution < -0.4 is 4.90 Å². The zero-order chi connectivity index (χ0) is 28.6. The van der Waals surface area contributed by atoms with Gasteiger partial charge >= 0.3 is 6.09 Å². The predicted octanol–water partition coefficient (Wildman–Crippen LogP) is 7.69. The molecule has 0 saturated heterocycles. The summed E-state index contributed by atoms with van der Waals surface area (Å²) in [5.74, 6) is -0.494. The van der Waals surface area contributed by atoms with Crippen molar-refractivity contribution in [2.45, 2.75) is 97.2 Å². The van der Waals surface area contributed by atoms with Crippen LogP contribution in [0.5, 0.6) is 0 Å². The van der Waals surface area contributed by atoms with E-state index in [1.54, 1.807) is 39.0 Å². The molecule has 0 unspecified atom stereocenters. The van der Waals surface area contributed by atoms with E-state index in [1.165, 1.54) is 14.2 Å². The molecule has 0 aliphatic rings. The van der Waals surface area contributed by atoms with Crippen molar-refractivity contribution >= 4 is 48.6 Å². The number of hydrogen-bond donors (Lipinski definition) is 0. The topological polar surface area (TPSA) is 74.3 Å². The van der Waals surface area contributed by atoms with Gasteiger partial charge in [-0.25, -0.2) is 9.69 Å². The van der Waals surface area contributed by atoms with Gasteiger partial charge in [-0.1, -0.05) is 59.8 Å². The first-order valence-corrected chi connectivity index (χ1v) is 16.0. The molecule has 37 heavy (non-hydrogen) atoms. The van der Waals surface area contributed by atoms with Gasteiger partial charge in [-0.05, 0) is 72.1 Å². The van der Waals surface area contributed by atoms with Crippen LogP contribution in [-0.4, -0.2) is 53.0 Å². The number of methoxy groups -OCH3 is 2. The number of halogens is 1. The Morgan fingerprint density at radius 1 is 0.973 bits per heavy atom. The minimum absolute atomic E-state index is 0.150. The molecule has 0 fully saturated rings. The van der Waals surface area contributed by atoms with Crippen molar-refractivity contribution in [3.05, 3.63) is 39.5 Å². The summed E-state index contributed by atoms with van der Waals surface area (Å²) >= 11 is 2.11. The number of nitrogens with zero attached hydrogens (tertiary/aromatic N) is 1. The molecule has 9 heteroatoms. The fourth-order valence-corrected chi connectivity index (χ4v) is 10.9. The Morgan fingerprint density at radius 2 is 1.49 bits per heavy atom. The minimum Gasteiger partial charge on any atom is -0.443 e. The fraction of sp³-hybridized carbons (Fsp3) is 0.643. The van der Waals surface area contributed by atoms with Crippen molar-refractivity contribution < 1.29 is 28.2 Å². The number of para-hydroxylation sites is 1. The highest BCUT2D eigenvalue weighted by Gasteiger charge is 2.45. The molecule has 0 N–H and O–H groups in total. The van der Waals surface area contributed by atoms with Gasteiger partial charge in [-0.2, -0.15) is 0 Å². The number of benzene rings is 1. The van der Waals surface area contributed by atoms with Gasteiger partial charge in [0, 0.05) is 29.8 Å². The predicted molar refractivity (Wildman–Crippen MR) is 160 cm³/mol. The minimum atomic E-state index is -2.16. The third-order valence-electron chi connectivity index (χ3n) is 6.43. The molecule has 1 rings (SSSR count). The van der Waals surface area contributed by atoms with E-state index in [9.17, 15) is 9.59 Å². The second kappa shape index (κ2) is 14.8. The third kappa shape index (κ3) is 9.16. The number of carbonyl (C=O) groups is 2. The normalized spacial score (nSPS) is 13.1. The average molecular weight is 648 g/mol. The molecule has 0 radical (unpaired) electrons. The van der Waals surface area contributed by atoms with Crippen molar-refractivity contribution in [2.75, 3.05) is 25.7 Å². The lowest BCUT2D eigenvalue weighted by molar-refractivity contribution is -0.119. The first kappa shape index (κ1) is 33.8. The van der Waals surface area contributed by atoms with E-state index in [0.717, 1.165) is 8.47 Å². The summed E-state index contributed by atoms with van der Waals surface area (Å²) in [5, 5.41) is 0. The first-order chi connectivity index (χ1) is 17.1. The summed E-state index contributed by atoms with van der Waals surface area (Å²) in [4.78, 5) is 28.5. The number of rotatable bonds is 12. The van der Waals surface area contributed by atoms with Crippen LogP contribution in [0.4, 0.5) is 10.5 Å². The molecule has 0 aromatic heterocycles. The number of hydrogen-bond acceptors (Lipinski definition) is 6. The largest absolute Gasteiger partial charge is 0.443 e. The Kier molecular flexibility index (Phi) is 13.5. The maximum absolute atomic E-state index is 14.0. The molecule has 0 atom stereocenters. The van der Waals surface area contributed by atoms with Crippen molar-refractivity contribution in [1.29, 1.82) is 0 Å². The lowest BCUT2D eigenvalue weighted by Gasteiger charge is -2.42. The molecule has 0 heterocycles. The van der Waals surface area contributed by atoms with Gasteiger partial charge in [-0.15, -0.1) is 0 Å². The van der Waals surface area contributed by atoms with Gasteiger partial charge in [0.05, 0.1) is 12.3 Å². The van der Waals surface area contributed by atoms with E-state index >= 15 is 0 Å². The smallest absolute Gasteiger partial charge is 0.422 e. The molecule has 0 saturated carbocycles. The summed E-state index contributed by atoms with van der Waals surface area (Å²) < 4.78 is 23.9. The van der Waals surface area contributed by atoms with Crippen molar-refractivity contribution in [2.24, 2.45) is 0 Å². The Morgan fingerprint density at radius 3 is 1.92 bits per heavy atom. The molecular weight excluding hydrogens is 601 g/mol. The number of imide groups is 1. The van der Waals surface area contributed by atoms with E-state index in [0.29, 0.717) is 27.9 Å². The Labute approximate surface area is 238 Å². The van der Waals surface area contributed by atoms with Gasteiger partial charge < -0.3 is 18.6 Å². The molecular formula is C28H46INO6Si. The maximum Gasteiger partial charge on any atom is 0.422 e. The Hall–Kier alpha value is -1.27. The average Bonchev–Trinajstić information content (AvgIpc) is 2.78. The van der Waals surface area contributed by atoms with E-state index in [2.05, 4.69) is 64.1 Å². The molecule has 1 aromatic rings. The van der Waals surface area contributed by atoms with Crippen LogP contribution in [0.3, 0.4) is 0 Å². The zero-order valence-corrected chi connectivity index (χ0v) is 27.5. The third-order valence-corrected chi connectivity index (χ3v) is 13.4. The van der Waals surface area contributed by atoms with Crippen molar-refractivity contribution in [3.8, 4) is 0 Å². The summed E-state index contributed by atoms with van der Waals surface area (Å²) in [6.07, 6.45) is 0.523. The molecule has 0 bridgehead atoms. The molecule has 0 aliphatic carbocycles. The highest BCUT2D eigenvalue weighted by Crippen LogP contribution is 2.42. The van der Waals surface area contributed by atoms with E-state index < -0.39 is 32.2 Å². The van der Waals surface area contributed by atoms with Gasteiger partial charge in [0.1, 0.15) is 5.60 Å². The molecule has 210 valence electrons. The van der Waals surface area contributed by atoms with Crippen LogP contribution in [0.15, 0.2) is 35.9 Å². The molecule has 7 nitrogen and oxygen atoms in total.